The molecular weight excluding hydrogens is 386 g/mol. The number of rotatable bonds is 4. The Hall–Kier alpha value is -2.92. The number of anilines is 2. The molecule has 2 N–H and O–H groups in total. The van der Waals surface area contributed by atoms with Gasteiger partial charge in [-0.1, -0.05) is 11.3 Å². The summed E-state index contributed by atoms with van der Waals surface area (Å²) < 4.78 is 16.2. The van der Waals surface area contributed by atoms with E-state index in [1.54, 1.807) is 23.1 Å². The maximum Gasteiger partial charge on any atom is 0.325 e. The second-order valence-corrected chi connectivity index (χ2v) is 7.17. The molecule has 0 saturated carbocycles. The molecule has 0 unspecified atom stereocenters. The minimum absolute atomic E-state index is 0.0215. The van der Waals surface area contributed by atoms with Crippen molar-refractivity contribution < 1.29 is 23.8 Å². The van der Waals surface area contributed by atoms with E-state index in [9.17, 15) is 9.59 Å². The average Bonchev–Trinajstić information content (AvgIpc) is 3.15. The second kappa shape index (κ2) is 8.40. The molecule has 10 nitrogen and oxygen atoms in total. The molecule has 3 amide bonds. The molecule has 148 valence electrons. The van der Waals surface area contributed by atoms with Crippen molar-refractivity contribution in [1.82, 2.24) is 15.1 Å². The van der Waals surface area contributed by atoms with E-state index in [0.717, 1.165) is 0 Å². The number of nitrogens with one attached hydrogen (secondary N) is 2. The molecule has 0 atom stereocenters. The van der Waals surface area contributed by atoms with Gasteiger partial charge in [-0.2, -0.15) is 0 Å². The highest BCUT2D eigenvalue weighted by Gasteiger charge is 2.19. The number of carbonyl (C=O) groups is 2. The summed E-state index contributed by atoms with van der Waals surface area (Å²) in [6, 6.07) is 4.70. The highest BCUT2D eigenvalue weighted by molar-refractivity contribution is 7.15. The topological polar surface area (TPSA) is 115 Å². The lowest BCUT2D eigenvalue weighted by Gasteiger charge is -2.26. The van der Waals surface area contributed by atoms with Crippen LogP contribution in [0.2, 0.25) is 0 Å². The smallest absolute Gasteiger partial charge is 0.325 e. The van der Waals surface area contributed by atoms with Gasteiger partial charge < -0.3 is 24.4 Å². The maximum atomic E-state index is 12.2. The van der Waals surface area contributed by atoms with Crippen molar-refractivity contribution in [3.8, 4) is 11.5 Å². The molecule has 0 bridgehead atoms. The van der Waals surface area contributed by atoms with Gasteiger partial charge in [0, 0.05) is 24.8 Å². The largest absolute Gasteiger partial charge is 0.486 e. The van der Waals surface area contributed by atoms with Crippen LogP contribution < -0.4 is 20.1 Å². The monoisotopic (exact) mass is 405 g/mol. The molecular formula is C17H19N5O5S. The van der Waals surface area contributed by atoms with Crippen molar-refractivity contribution in [3.63, 3.8) is 0 Å². The fraction of sp³-hybridized carbons (Fsp3) is 0.412. The summed E-state index contributed by atoms with van der Waals surface area (Å²) in [7, 11) is 0. The summed E-state index contributed by atoms with van der Waals surface area (Å²) in [6.07, 6.45) is 0.156. The van der Waals surface area contributed by atoms with E-state index in [1.165, 1.54) is 11.3 Å². The third-order valence-electron chi connectivity index (χ3n) is 4.15. The Labute approximate surface area is 164 Å². The Morgan fingerprint density at radius 3 is 2.64 bits per heavy atom. The molecule has 1 aromatic carbocycles. The van der Waals surface area contributed by atoms with Crippen molar-refractivity contribution in [2.24, 2.45) is 0 Å². The lowest BCUT2D eigenvalue weighted by atomic mass is 10.2. The van der Waals surface area contributed by atoms with Crippen LogP contribution in [-0.4, -0.2) is 66.6 Å². The standard InChI is InChI=1S/C17H19N5O5S/c23-15(22-3-5-25-6-4-22)10-14-20-21-17(28-14)19-16(24)18-11-1-2-12-13(9-11)27-8-7-26-12/h1-2,9H,3-8,10H2,(H2,18,19,21,24). The molecule has 3 heterocycles. The molecule has 2 aromatic rings. The fourth-order valence-corrected chi connectivity index (χ4v) is 3.54. The number of hydrogen-bond donors (Lipinski definition) is 2. The quantitative estimate of drug-likeness (QED) is 0.789. The summed E-state index contributed by atoms with van der Waals surface area (Å²) in [5.74, 6) is 1.21. The van der Waals surface area contributed by atoms with Gasteiger partial charge in [0.2, 0.25) is 11.0 Å². The van der Waals surface area contributed by atoms with Crippen molar-refractivity contribution in [3.05, 3.63) is 23.2 Å². The van der Waals surface area contributed by atoms with Gasteiger partial charge in [0.1, 0.15) is 18.2 Å². The van der Waals surface area contributed by atoms with Crippen LogP contribution in [0.1, 0.15) is 5.01 Å². The van der Waals surface area contributed by atoms with Gasteiger partial charge in [-0.05, 0) is 12.1 Å². The third kappa shape index (κ3) is 4.49. The SMILES string of the molecule is O=C(Nc1ccc2c(c1)OCCO2)Nc1nnc(CC(=O)N2CCOCC2)s1. The molecule has 28 heavy (non-hydrogen) atoms. The number of hydrogen-bond acceptors (Lipinski definition) is 8. The first kappa shape index (κ1) is 18.4. The molecule has 1 aromatic heterocycles. The van der Waals surface area contributed by atoms with Crippen LogP contribution in [0.15, 0.2) is 18.2 Å². The summed E-state index contributed by atoms with van der Waals surface area (Å²) in [5, 5.41) is 14.1. The summed E-state index contributed by atoms with van der Waals surface area (Å²) in [4.78, 5) is 26.2. The van der Waals surface area contributed by atoms with Gasteiger partial charge in [-0.15, -0.1) is 10.2 Å². The minimum Gasteiger partial charge on any atom is -0.486 e. The number of aromatic nitrogens is 2. The van der Waals surface area contributed by atoms with E-state index in [-0.39, 0.29) is 12.3 Å². The lowest BCUT2D eigenvalue weighted by molar-refractivity contribution is -0.134. The first-order valence-corrected chi connectivity index (χ1v) is 9.64. The van der Waals surface area contributed by atoms with E-state index >= 15 is 0 Å². The number of nitrogens with zero attached hydrogens (tertiary/aromatic N) is 3. The zero-order valence-electron chi connectivity index (χ0n) is 15.0. The van der Waals surface area contributed by atoms with Gasteiger partial charge in [0.05, 0.1) is 19.6 Å². The van der Waals surface area contributed by atoms with Gasteiger partial charge in [-0.3, -0.25) is 10.1 Å². The maximum absolute atomic E-state index is 12.2. The van der Waals surface area contributed by atoms with Crippen molar-refractivity contribution in [1.29, 1.82) is 0 Å². The van der Waals surface area contributed by atoms with Crippen LogP contribution in [0.3, 0.4) is 0 Å². The van der Waals surface area contributed by atoms with E-state index in [2.05, 4.69) is 20.8 Å². The number of benzene rings is 1. The predicted octanol–water partition coefficient (Wildman–Crippen LogP) is 1.35. The molecule has 2 aliphatic heterocycles. The van der Waals surface area contributed by atoms with E-state index in [1.807, 2.05) is 0 Å². The second-order valence-electron chi connectivity index (χ2n) is 6.11. The van der Waals surface area contributed by atoms with E-state index in [4.69, 9.17) is 14.2 Å². The van der Waals surface area contributed by atoms with Crippen LogP contribution in [0.4, 0.5) is 15.6 Å². The van der Waals surface area contributed by atoms with Crippen LogP contribution in [0.5, 0.6) is 11.5 Å². The van der Waals surface area contributed by atoms with Crippen LogP contribution in [0.25, 0.3) is 0 Å². The number of urea groups is 1. The zero-order chi connectivity index (χ0) is 19.3. The average molecular weight is 405 g/mol. The summed E-state index contributed by atoms with van der Waals surface area (Å²) in [6.45, 7) is 3.25. The number of fused-ring (bicyclic) bond motifs is 1. The number of amides is 3. The molecule has 2 aliphatic rings. The molecule has 1 fully saturated rings. The van der Waals surface area contributed by atoms with Gasteiger partial charge in [0.25, 0.3) is 0 Å². The Morgan fingerprint density at radius 1 is 1.04 bits per heavy atom. The van der Waals surface area contributed by atoms with Crippen molar-refractivity contribution >= 4 is 34.1 Å². The normalized spacial score (nSPS) is 15.8. The fourth-order valence-electron chi connectivity index (χ4n) is 2.81. The molecule has 0 spiro atoms. The molecule has 11 heteroatoms. The Morgan fingerprint density at radius 2 is 1.82 bits per heavy atom. The van der Waals surface area contributed by atoms with Crippen LogP contribution in [-0.2, 0) is 16.0 Å². The predicted molar refractivity (Wildman–Crippen MR) is 101 cm³/mol. The molecule has 0 radical (unpaired) electrons. The number of carbonyl (C=O) groups excluding carboxylic acids is 2. The first-order valence-electron chi connectivity index (χ1n) is 8.83. The third-order valence-corrected chi connectivity index (χ3v) is 4.99. The Balaban J connectivity index is 1.31. The van der Waals surface area contributed by atoms with Gasteiger partial charge >= 0.3 is 6.03 Å². The Kier molecular flexibility index (Phi) is 5.53. The van der Waals surface area contributed by atoms with E-state index < -0.39 is 6.03 Å². The summed E-state index contributed by atoms with van der Waals surface area (Å²) in [5.41, 5.74) is 0.564. The van der Waals surface area contributed by atoms with Crippen molar-refractivity contribution in [2.45, 2.75) is 6.42 Å². The Bertz CT molecular complexity index is 867. The van der Waals surface area contributed by atoms with E-state index in [0.29, 0.717) is 66.8 Å². The highest BCUT2D eigenvalue weighted by atomic mass is 32.1. The molecule has 4 rings (SSSR count). The highest BCUT2D eigenvalue weighted by Crippen LogP contribution is 2.32. The van der Waals surface area contributed by atoms with Gasteiger partial charge in [-0.25, -0.2) is 4.79 Å². The molecule has 1 saturated heterocycles. The van der Waals surface area contributed by atoms with Crippen LogP contribution in [0, 0.1) is 0 Å². The summed E-state index contributed by atoms with van der Waals surface area (Å²) >= 11 is 1.17. The van der Waals surface area contributed by atoms with Gasteiger partial charge in [0.15, 0.2) is 11.5 Å². The number of ether oxygens (including phenoxy) is 3. The van der Waals surface area contributed by atoms with Crippen molar-refractivity contribution in [2.75, 3.05) is 50.2 Å². The van der Waals surface area contributed by atoms with Crippen LogP contribution >= 0.6 is 11.3 Å². The minimum atomic E-state index is -0.459. The first-order chi connectivity index (χ1) is 13.7. The lowest BCUT2D eigenvalue weighted by Crippen LogP contribution is -2.41. The zero-order valence-corrected chi connectivity index (χ0v) is 15.8. The molecule has 0 aliphatic carbocycles. The number of morpholine rings is 1.